The number of hydroxylamine groups is 2. The van der Waals surface area contributed by atoms with Gasteiger partial charge < -0.3 is 25.4 Å². The number of pyridine rings is 1. The second-order valence-corrected chi connectivity index (χ2v) is 12.2. The second kappa shape index (κ2) is 22.3. The zero-order valence-electron chi connectivity index (χ0n) is 30.7. The van der Waals surface area contributed by atoms with E-state index in [1.807, 2.05) is 37.3 Å². The number of hydrogen-bond donors (Lipinski definition) is 3. The SMILES string of the molecule is CCCCC[C@@H](C(=O)NCNC(=O)c1cccc(-c2ccc(C(=O)N[C@@H](CCC(=O)OC)C(=O)OC)cc2)n1)[C@@H](CC)N(C=O)OCc1ccccc1. The minimum atomic E-state index is -1.04. The molecule has 3 rings (SSSR count). The molecule has 3 atom stereocenters. The molecule has 14 nitrogen and oxygen atoms in total. The molecule has 0 bridgehead atoms. The summed E-state index contributed by atoms with van der Waals surface area (Å²) in [6.45, 7) is 3.98. The Labute approximate surface area is 309 Å². The number of aromatic nitrogens is 1. The molecule has 0 unspecified atom stereocenters. The van der Waals surface area contributed by atoms with E-state index in [4.69, 9.17) is 9.57 Å². The van der Waals surface area contributed by atoms with E-state index in [2.05, 4.69) is 32.6 Å². The lowest BCUT2D eigenvalue weighted by Gasteiger charge is -2.32. The maximum Gasteiger partial charge on any atom is 0.328 e. The molecule has 0 saturated carbocycles. The third-order valence-corrected chi connectivity index (χ3v) is 8.58. The van der Waals surface area contributed by atoms with Crippen molar-refractivity contribution in [2.75, 3.05) is 20.9 Å². The molecule has 0 saturated heterocycles. The highest BCUT2D eigenvalue weighted by Crippen LogP contribution is 2.23. The minimum Gasteiger partial charge on any atom is -0.469 e. The zero-order chi connectivity index (χ0) is 38.6. The fraction of sp³-hybridized carbons (Fsp3) is 0.410. The first-order valence-electron chi connectivity index (χ1n) is 17.6. The van der Waals surface area contributed by atoms with Crippen molar-refractivity contribution in [2.24, 2.45) is 5.92 Å². The van der Waals surface area contributed by atoms with Crippen molar-refractivity contribution in [3.63, 3.8) is 0 Å². The smallest absolute Gasteiger partial charge is 0.328 e. The van der Waals surface area contributed by atoms with Crippen LogP contribution in [0.3, 0.4) is 0 Å². The maximum absolute atomic E-state index is 13.5. The highest BCUT2D eigenvalue weighted by molar-refractivity contribution is 5.97. The van der Waals surface area contributed by atoms with Gasteiger partial charge in [0, 0.05) is 17.5 Å². The van der Waals surface area contributed by atoms with E-state index in [1.165, 1.54) is 25.3 Å². The predicted molar refractivity (Wildman–Crippen MR) is 196 cm³/mol. The topological polar surface area (TPSA) is 182 Å². The molecule has 2 aromatic carbocycles. The molecule has 4 amide bonds. The second-order valence-electron chi connectivity index (χ2n) is 12.2. The summed E-state index contributed by atoms with van der Waals surface area (Å²) < 4.78 is 9.36. The Bertz CT molecular complexity index is 1650. The first-order valence-corrected chi connectivity index (χ1v) is 17.6. The molecule has 0 aliphatic rings. The zero-order valence-corrected chi connectivity index (χ0v) is 30.7. The van der Waals surface area contributed by atoms with E-state index in [9.17, 15) is 28.8 Å². The van der Waals surface area contributed by atoms with Crippen LogP contribution in [0, 0.1) is 5.92 Å². The number of carbonyl (C=O) groups is 6. The third kappa shape index (κ3) is 13.1. The van der Waals surface area contributed by atoms with Crippen LogP contribution < -0.4 is 16.0 Å². The Hall–Kier alpha value is -5.63. The van der Waals surface area contributed by atoms with Crippen molar-refractivity contribution in [3.8, 4) is 11.3 Å². The molecule has 0 radical (unpaired) electrons. The number of unbranched alkanes of at least 4 members (excludes halogenated alkanes) is 2. The summed E-state index contributed by atoms with van der Waals surface area (Å²) in [7, 11) is 2.42. The minimum absolute atomic E-state index is 0.00729. The Morgan fingerprint density at radius 2 is 1.57 bits per heavy atom. The van der Waals surface area contributed by atoms with Gasteiger partial charge in [0.1, 0.15) is 18.3 Å². The summed E-state index contributed by atoms with van der Waals surface area (Å²) in [6, 6.07) is 19.2. The molecule has 0 aliphatic heterocycles. The van der Waals surface area contributed by atoms with Crippen LogP contribution in [-0.2, 0) is 40.1 Å². The highest BCUT2D eigenvalue weighted by atomic mass is 16.7. The van der Waals surface area contributed by atoms with Crippen LogP contribution in [0.2, 0.25) is 0 Å². The lowest BCUT2D eigenvalue weighted by Crippen LogP contribution is -2.48. The summed E-state index contributed by atoms with van der Waals surface area (Å²) in [6.07, 6.45) is 4.23. The summed E-state index contributed by atoms with van der Waals surface area (Å²) in [5.74, 6) is -3.15. The summed E-state index contributed by atoms with van der Waals surface area (Å²) >= 11 is 0. The molecule has 1 aromatic heterocycles. The van der Waals surface area contributed by atoms with Gasteiger partial charge in [0.05, 0.1) is 38.5 Å². The molecule has 1 heterocycles. The lowest BCUT2D eigenvalue weighted by atomic mass is 9.90. The number of esters is 2. The van der Waals surface area contributed by atoms with Gasteiger partial charge in [0.2, 0.25) is 12.3 Å². The van der Waals surface area contributed by atoms with Crippen LogP contribution in [0.1, 0.15) is 85.2 Å². The van der Waals surface area contributed by atoms with Crippen molar-refractivity contribution in [2.45, 2.75) is 77.5 Å². The molecule has 0 fully saturated rings. The first-order chi connectivity index (χ1) is 25.6. The van der Waals surface area contributed by atoms with Crippen LogP contribution in [-0.4, -0.2) is 79.1 Å². The summed E-state index contributed by atoms with van der Waals surface area (Å²) in [4.78, 5) is 85.5. The fourth-order valence-corrected chi connectivity index (χ4v) is 5.63. The van der Waals surface area contributed by atoms with Crippen LogP contribution in [0.5, 0.6) is 0 Å². The van der Waals surface area contributed by atoms with Crippen molar-refractivity contribution in [1.82, 2.24) is 26.0 Å². The van der Waals surface area contributed by atoms with E-state index in [-0.39, 0.29) is 43.3 Å². The third-order valence-electron chi connectivity index (χ3n) is 8.58. The molecule has 0 aliphatic carbocycles. The summed E-state index contributed by atoms with van der Waals surface area (Å²) in [5, 5.41) is 9.29. The largest absolute Gasteiger partial charge is 0.469 e. The van der Waals surface area contributed by atoms with Gasteiger partial charge in [-0.3, -0.25) is 28.8 Å². The fourth-order valence-electron chi connectivity index (χ4n) is 5.63. The molecule has 3 N–H and O–H groups in total. The van der Waals surface area contributed by atoms with Crippen LogP contribution in [0.4, 0.5) is 0 Å². The summed E-state index contributed by atoms with van der Waals surface area (Å²) in [5.41, 5.74) is 2.33. The lowest BCUT2D eigenvalue weighted by molar-refractivity contribution is -0.200. The quantitative estimate of drug-likeness (QED) is 0.0442. The number of nitrogens with zero attached hydrogens (tertiary/aromatic N) is 2. The van der Waals surface area contributed by atoms with Crippen molar-refractivity contribution in [1.29, 1.82) is 0 Å². The molecule has 14 heteroatoms. The van der Waals surface area contributed by atoms with E-state index in [0.717, 1.165) is 24.8 Å². The molecular weight excluding hydrogens is 682 g/mol. The highest BCUT2D eigenvalue weighted by Gasteiger charge is 2.32. The van der Waals surface area contributed by atoms with Crippen LogP contribution in [0.15, 0.2) is 72.8 Å². The van der Waals surface area contributed by atoms with E-state index < -0.39 is 41.8 Å². The Balaban J connectivity index is 1.62. The van der Waals surface area contributed by atoms with E-state index >= 15 is 0 Å². The molecular formula is C39H49N5O9. The number of benzene rings is 2. The van der Waals surface area contributed by atoms with Gasteiger partial charge in [0.15, 0.2) is 0 Å². The van der Waals surface area contributed by atoms with Gasteiger partial charge in [-0.05, 0) is 49.1 Å². The Morgan fingerprint density at radius 1 is 0.830 bits per heavy atom. The van der Waals surface area contributed by atoms with Gasteiger partial charge in [-0.1, -0.05) is 81.6 Å². The number of methoxy groups -OCH3 is 2. The van der Waals surface area contributed by atoms with E-state index in [1.54, 1.807) is 36.4 Å². The molecule has 284 valence electrons. The van der Waals surface area contributed by atoms with E-state index in [0.29, 0.717) is 30.5 Å². The van der Waals surface area contributed by atoms with Gasteiger partial charge >= 0.3 is 11.9 Å². The van der Waals surface area contributed by atoms with Gasteiger partial charge in [-0.15, -0.1) is 0 Å². The molecule has 3 aromatic rings. The molecule has 53 heavy (non-hydrogen) atoms. The van der Waals surface area contributed by atoms with Gasteiger partial charge in [0.25, 0.3) is 11.8 Å². The number of rotatable bonds is 22. The molecule has 0 spiro atoms. The van der Waals surface area contributed by atoms with Crippen molar-refractivity contribution in [3.05, 3.63) is 89.6 Å². The normalized spacial score (nSPS) is 12.4. The first kappa shape index (κ1) is 41.8. The number of carbonyl (C=O) groups excluding carboxylic acids is 6. The van der Waals surface area contributed by atoms with Crippen molar-refractivity contribution >= 4 is 36.1 Å². The van der Waals surface area contributed by atoms with Crippen LogP contribution >= 0.6 is 0 Å². The number of ether oxygens (including phenoxy) is 2. The number of hydrogen-bond acceptors (Lipinski definition) is 10. The number of nitrogens with one attached hydrogen (secondary N) is 3. The number of amides is 4. The van der Waals surface area contributed by atoms with Crippen LogP contribution in [0.25, 0.3) is 11.3 Å². The Morgan fingerprint density at radius 3 is 2.21 bits per heavy atom. The van der Waals surface area contributed by atoms with Gasteiger partial charge in [-0.25, -0.2) is 14.8 Å². The average molecular weight is 732 g/mol. The average Bonchev–Trinajstić information content (AvgIpc) is 3.19. The predicted octanol–water partition coefficient (Wildman–Crippen LogP) is 4.34. The standard InChI is InChI=1S/C39H49N5O9/c1-5-7-9-15-30(34(6-2)44(26-45)53-24-27-13-10-8-11-14-27)37(48)40-25-41-38(49)32-17-12-16-31(42-32)28-18-20-29(21-19-28)36(47)43-33(39(50)52-4)22-23-35(46)51-3/h8,10-14,16-21,26,30,33-34H,5-7,9,15,22-25H2,1-4H3,(H,40,48)(H,41,49)(H,43,47)/t30-,33+,34-/m1/s1. The maximum atomic E-state index is 13.5. The van der Waals surface area contributed by atoms with Crippen molar-refractivity contribution < 1.29 is 43.1 Å². The Kier molecular flexibility index (Phi) is 17.6. The van der Waals surface area contributed by atoms with Gasteiger partial charge in [-0.2, -0.15) is 0 Å². The monoisotopic (exact) mass is 731 g/mol.